The first-order chi connectivity index (χ1) is 11.4. The summed E-state index contributed by atoms with van der Waals surface area (Å²) >= 11 is 0. The normalized spacial score (nSPS) is 26.4. The molecule has 11 heteroatoms. The molecule has 1 fully saturated rings. The summed E-state index contributed by atoms with van der Waals surface area (Å²) in [4.78, 5) is 21.6. The molecule has 24 heavy (non-hydrogen) atoms. The van der Waals surface area contributed by atoms with Crippen molar-refractivity contribution in [3.8, 4) is 12.3 Å². The molecule has 2 aromatic heterocycles. The number of anilines is 1. The van der Waals surface area contributed by atoms with Crippen molar-refractivity contribution in [3.05, 3.63) is 12.4 Å². The van der Waals surface area contributed by atoms with Crippen LogP contribution in [-0.4, -0.2) is 59.2 Å². The number of aliphatic hydroxyl groups excluding tert-OH is 2. The third-order valence-corrected chi connectivity index (χ3v) is 3.72. The Morgan fingerprint density at radius 2 is 2.38 bits per heavy atom. The zero-order valence-corrected chi connectivity index (χ0v) is 12.0. The Kier molecular flexibility index (Phi) is 3.80. The van der Waals surface area contributed by atoms with Gasteiger partial charge in [-0.25, -0.2) is 9.78 Å². The van der Waals surface area contributed by atoms with Gasteiger partial charge in [0.05, 0.1) is 12.9 Å². The Morgan fingerprint density at radius 3 is 2.96 bits per heavy atom. The van der Waals surface area contributed by atoms with Crippen LogP contribution in [-0.2, 0) is 4.74 Å². The van der Waals surface area contributed by atoms with Crippen LogP contribution in [0.2, 0.25) is 0 Å². The van der Waals surface area contributed by atoms with Gasteiger partial charge < -0.3 is 20.1 Å². The van der Waals surface area contributed by atoms with E-state index in [0.29, 0.717) is 0 Å². The van der Waals surface area contributed by atoms with Crippen LogP contribution in [0.4, 0.5) is 15.0 Å². The van der Waals surface area contributed by atoms with Gasteiger partial charge in [-0.1, -0.05) is 5.92 Å². The Hall–Kier alpha value is -2.81. The van der Waals surface area contributed by atoms with Crippen LogP contribution >= 0.6 is 0 Å². The number of fused-ring (bicyclic) bond motifs is 1. The Bertz CT molecular complexity index is 849. The molecule has 0 aromatic carbocycles. The zero-order valence-electron chi connectivity index (χ0n) is 12.0. The lowest BCUT2D eigenvalue weighted by Crippen LogP contribution is -2.41. The molecule has 0 unspecified atom stereocenters. The summed E-state index contributed by atoms with van der Waals surface area (Å²) in [5.41, 5.74) is -1.64. The number of imidazole rings is 1. The molecule has 0 bridgehead atoms. The number of aromatic nitrogens is 4. The minimum Gasteiger partial charge on any atom is -0.465 e. The highest BCUT2D eigenvalue weighted by Crippen LogP contribution is 2.37. The number of amides is 1. The smallest absolute Gasteiger partial charge is 0.410 e. The first kappa shape index (κ1) is 16.1. The molecule has 126 valence electrons. The van der Waals surface area contributed by atoms with E-state index in [1.807, 2.05) is 5.32 Å². The van der Waals surface area contributed by atoms with Crippen LogP contribution in [0.5, 0.6) is 0 Å². The van der Waals surface area contributed by atoms with Crippen LogP contribution in [0.3, 0.4) is 0 Å². The van der Waals surface area contributed by atoms with Crippen molar-refractivity contribution < 1.29 is 29.2 Å². The highest BCUT2D eigenvalue weighted by Gasteiger charge is 2.47. The van der Waals surface area contributed by atoms with Crippen molar-refractivity contribution in [1.29, 1.82) is 0 Å². The minimum atomic E-state index is -1.59. The third-order valence-electron chi connectivity index (χ3n) is 3.72. The highest BCUT2D eigenvalue weighted by molar-refractivity contribution is 5.92. The molecule has 3 heterocycles. The van der Waals surface area contributed by atoms with Gasteiger partial charge in [0.2, 0.25) is 0 Å². The van der Waals surface area contributed by atoms with E-state index >= 15 is 0 Å². The molecule has 0 aliphatic carbocycles. The van der Waals surface area contributed by atoms with Crippen LogP contribution in [0, 0.1) is 18.4 Å². The van der Waals surface area contributed by atoms with Crippen molar-refractivity contribution in [3.63, 3.8) is 0 Å². The minimum absolute atomic E-state index is 0.000837. The average Bonchev–Trinajstić information content (AvgIpc) is 3.08. The molecule has 0 saturated carbocycles. The van der Waals surface area contributed by atoms with Gasteiger partial charge in [0.25, 0.3) is 0 Å². The van der Waals surface area contributed by atoms with Crippen molar-refractivity contribution in [1.82, 2.24) is 19.5 Å². The number of nitrogens with zero attached hydrogens (tertiary/aromatic N) is 4. The molecule has 3 atom stereocenters. The van der Waals surface area contributed by atoms with Crippen LogP contribution in [0.25, 0.3) is 11.2 Å². The molecule has 10 nitrogen and oxygen atoms in total. The van der Waals surface area contributed by atoms with E-state index in [4.69, 9.17) is 16.3 Å². The fraction of sp³-hybridized carbons (Fsp3) is 0.385. The third kappa shape index (κ3) is 2.42. The number of halogens is 1. The molecular weight excluding hydrogens is 325 g/mol. The Morgan fingerprint density at radius 1 is 1.62 bits per heavy atom. The quantitative estimate of drug-likeness (QED) is 0.441. The number of aliphatic hydroxyl groups is 2. The van der Waals surface area contributed by atoms with Gasteiger partial charge in [-0.15, -0.1) is 6.42 Å². The van der Waals surface area contributed by atoms with E-state index < -0.39 is 36.7 Å². The Balaban J connectivity index is 2.05. The van der Waals surface area contributed by atoms with Crippen molar-refractivity contribution in [2.45, 2.75) is 24.4 Å². The van der Waals surface area contributed by atoms with E-state index in [1.165, 1.54) is 10.9 Å². The molecule has 1 saturated heterocycles. The van der Waals surface area contributed by atoms with E-state index in [0.717, 1.165) is 0 Å². The van der Waals surface area contributed by atoms with Gasteiger partial charge in [0, 0.05) is 6.42 Å². The van der Waals surface area contributed by atoms with Crippen LogP contribution in [0.15, 0.2) is 6.33 Å². The number of nitrogens with one attached hydrogen (secondary N) is 1. The van der Waals surface area contributed by atoms with E-state index in [9.17, 15) is 19.4 Å². The largest absolute Gasteiger partial charge is 0.465 e. The maximum absolute atomic E-state index is 13.6. The topological polar surface area (TPSA) is 143 Å². The van der Waals surface area contributed by atoms with Crippen LogP contribution < -0.4 is 5.32 Å². The van der Waals surface area contributed by atoms with Gasteiger partial charge in [-0.2, -0.15) is 14.4 Å². The van der Waals surface area contributed by atoms with Gasteiger partial charge >= 0.3 is 12.2 Å². The second-order valence-corrected chi connectivity index (χ2v) is 5.11. The monoisotopic (exact) mass is 337 g/mol. The summed E-state index contributed by atoms with van der Waals surface area (Å²) in [6, 6.07) is 0. The first-order valence-corrected chi connectivity index (χ1v) is 6.74. The Labute approximate surface area is 133 Å². The molecule has 0 radical (unpaired) electrons. The number of rotatable bonds is 3. The lowest BCUT2D eigenvalue weighted by molar-refractivity contribution is -0.0891. The number of carboxylic acid groups (broad SMARTS) is 1. The number of ether oxygens (including phenoxy) is 1. The fourth-order valence-corrected chi connectivity index (χ4v) is 2.53. The average molecular weight is 337 g/mol. The molecule has 0 spiro atoms. The molecule has 1 amide bonds. The SMILES string of the molecule is C#C[C@]1(CO)O[C@@H](n2cnc3c(NC(=O)O)nc(F)nc32)C[C@@H]1O. The van der Waals surface area contributed by atoms with Gasteiger partial charge in [-0.05, 0) is 0 Å². The molecule has 1 aliphatic heterocycles. The van der Waals surface area contributed by atoms with E-state index in [1.54, 1.807) is 0 Å². The lowest BCUT2D eigenvalue weighted by atomic mass is 9.99. The maximum Gasteiger partial charge on any atom is 0.410 e. The lowest BCUT2D eigenvalue weighted by Gasteiger charge is -2.23. The predicted octanol–water partition coefficient (Wildman–Crippen LogP) is -0.301. The van der Waals surface area contributed by atoms with Crippen molar-refractivity contribution in [2.75, 3.05) is 11.9 Å². The fourth-order valence-electron chi connectivity index (χ4n) is 2.53. The number of carbonyl (C=O) groups is 1. The number of terminal acetylenes is 1. The van der Waals surface area contributed by atoms with Gasteiger partial charge in [0.1, 0.15) is 12.3 Å². The van der Waals surface area contributed by atoms with Gasteiger partial charge in [0.15, 0.2) is 22.6 Å². The number of hydrogen-bond donors (Lipinski definition) is 4. The molecular formula is C13H12FN5O5. The predicted molar refractivity (Wildman–Crippen MR) is 76.3 cm³/mol. The molecule has 4 N–H and O–H groups in total. The van der Waals surface area contributed by atoms with E-state index in [-0.39, 0.29) is 23.4 Å². The number of hydrogen-bond acceptors (Lipinski definition) is 7. The summed E-state index contributed by atoms with van der Waals surface area (Å²) in [6.07, 6.45) is 1.91. The van der Waals surface area contributed by atoms with E-state index in [2.05, 4.69) is 20.9 Å². The first-order valence-electron chi connectivity index (χ1n) is 6.74. The second-order valence-electron chi connectivity index (χ2n) is 5.11. The summed E-state index contributed by atoms with van der Waals surface area (Å²) < 4.78 is 20.4. The van der Waals surface area contributed by atoms with Crippen molar-refractivity contribution >= 4 is 23.1 Å². The maximum atomic E-state index is 13.6. The summed E-state index contributed by atoms with van der Waals surface area (Å²) in [5.74, 6) is 1.89. The van der Waals surface area contributed by atoms with Gasteiger partial charge in [-0.3, -0.25) is 9.88 Å². The summed E-state index contributed by atoms with van der Waals surface area (Å²) in [6.45, 7) is -0.608. The summed E-state index contributed by atoms with van der Waals surface area (Å²) in [7, 11) is 0. The van der Waals surface area contributed by atoms with Crippen LogP contribution in [0.1, 0.15) is 12.6 Å². The van der Waals surface area contributed by atoms with Crippen molar-refractivity contribution in [2.24, 2.45) is 0 Å². The second kappa shape index (κ2) is 5.68. The standard InChI is InChI=1S/C13H12FN5O5/c1-2-13(4-20)6(21)3-7(24-13)19-5-15-8-9(17-12(22)23)16-11(14)18-10(8)19/h1,5-7,20-21H,3-4H2,(H,22,23)(H,16,17,18)/t6-,7+,13+/m0/s1. The zero-order chi connectivity index (χ0) is 17.5. The highest BCUT2D eigenvalue weighted by atomic mass is 19.1. The summed E-state index contributed by atoms with van der Waals surface area (Å²) in [5, 5.41) is 30.1. The molecule has 2 aromatic rings. The molecule has 1 aliphatic rings. The molecule has 3 rings (SSSR count).